The van der Waals surface area contributed by atoms with Crippen LogP contribution in [0.1, 0.15) is 27.6 Å². The first-order chi connectivity index (χ1) is 9.34. The standard InChI is InChI=1S/C14H16N2O2S2/c1-9-10(2)19-13(16-9)14(15)7-8-20(17,18)12-6-4-3-5-11(12)14/h3-6H,7-8,15H2,1-2H3. The largest absolute Gasteiger partial charge is 0.316 e. The first kappa shape index (κ1) is 13.7. The quantitative estimate of drug-likeness (QED) is 0.876. The molecular weight excluding hydrogens is 292 g/mol. The van der Waals surface area contributed by atoms with Crippen LogP contribution in [0.15, 0.2) is 29.2 Å². The van der Waals surface area contributed by atoms with Gasteiger partial charge in [0.25, 0.3) is 0 Å². The molecule has 1 atom stereocenters. The van der Waals surface area contributed by atoms with Gasteiger partial charge in [-0.1, -0.05) is 18.2 Å². The van der Waals surface area contributed by atoms with E-state index in [1.165, 1.54) is 0 Å². The number of thiazole rings is 1. The van der Waals surface area contributed by atoms with Crippen molar-refractivity contribution in [3.63, 3.8) is 0 Å². The molecule has 6 heteroatoms. The van der Waals surface area contributed by atoms with E-state index in [1.54, 1.807) is 29.5 Å². The Morgan fingerprint density at radius 3 is 2.65 bits per heavy atom. The second kappa shape index (κ2) is 4.38. The topological polar surface area (TPSA) is 73.0 Å². The molecule has 2 aromatic rings. The van der Waals surface area contributed by atoms with Gasteiger partial charge in [0.2, 0.25) is 0 Å². The van der Waals surface area contributed by atoms with Gasteiger partial charge in [-0.2, -0.15) is 0 Å². The normalized spacial score (nSPS) is 24.4. The summed E-state index contributed by atoms with van der Waals surface area (Å²) in [6.45, 7) is 3.95. The molecule has 1 unspecified atom stereocenters. The molecule has 0 spiro atoms. The van der Waals surface area contributed by atoms with E-state index in [-0.39, 0.29) is 5.75 Å². The molecule has 0 radical (unpaired) electrons. The lowest BCUT2D eigenvalue weighted by Crippen LogP contribution is -2.44. The number of nitrogens with zero attached hydrogens (tertiary/aromatic N) is 1. The van der Waals surface area contributed by atoms with Gasteiger partial charge in [0, 0.05) is 4.88 Å². The van der Waals surface area contributed by atoms with Crippen LogP contribution in [0.25, 0.3) is 0 Å². The molecule has 2 heterocycles. The average Bonchev–Trinajstić information content (AvgIpc) is 2.76. The molecule has 0 aliphatic carbocycles. The summed E-state index contributed by atoms with van der Waals surface area (Å²) in [4.78, 5) is 6.02. The SMILES string of the molecule is Cc1nc(C2(N)CCS(=O)(=O)c3ccccc32)sc1C. The van der Waals surface area contributed by atoms with Gasteiger partial charge in [0.05, 0.1) is 21.9 Å². The van der Waals surface area contributed by atoms with E-state index >= 15 is 0 Å². The maximum Gasteiger partial charge on any atom is 0.178 e. The zero-order chi connectivity index (χ0) is 14.5. The van der Waals surface area contributed by atoms with Crippen molar-refractivity contribution >= 4 is 21.2 Å². The number of sulfone groups is 1. The fourth-order valence-corrected chi connectivity index (χ4v) is 5.27. The molecule has 0 amide bonds. The van der Waals surface area contributed by atoms with Gasteiger partial charge in [-0.15, -0.1) is 11.3 Å². The van der Waals surface area contributed by atoms with Crippen LogP contribution in [0.2, 0.25) is 0 Å². The molecule has 0 saturated carbocycles. The van der Waals surface area contributed by atoms with Gasteiger partial charge in [-0.05, 0) is 31.9 Å². The highest BCUT2D eigenvalue weighted by Gasteiger charge is 2.42. The molecule has 1 aliphatic rings. The molecule has 2 N–H and O–H groups in total. The van der Waals surface area contributed by atoms with Crippen molar-refractivity contribution in [2.24, 2.45) is 5.73 Å². The third kappa shape index (κ3) is 1.90. The number of aryl methyl sites for hydroxylation is 2. The molecule has 1 aliphatic heterocycles. The van der Waals surface area contributed by atoms with Crippen LogP contribution in [0.3, 0.4) is 0 Å². The Morgan fingerprint density at radius 2 is 2.00 bits per heavy atom. The van der Waals surface area contributed by atoms with Gasteiger partial charge >= 0.3 is 0 Å². The van der Waals surface area contributed by atoms with Gasteiger partial charge < -0.3 is 5.73 Å². The highest BCUT2D eigenvalue weighted by molar-refractivity contribution is 7.91. The number of rotatable bonds is 1. The predicted molar refractivity (Wildman–Crippen MR) is 79.7 cm³/mol. The van der Waals surface area contributed by atoms with Crippen LogP contribution in [0.4, 0.5) is 0 Å². The minimum atomic E-state index is -3.23. The predicted octanol–water partition coefficient (Wildman–Crippen LogP) is 2.14. The molecule has 20 heavy (non-hydrogen) atoms. The minimum absolute atomic E-state index is 0.0676. The summed E-state index contributed by atoms with van der Waals surface area (Å²) in [6, 6.07) is 7.01. The highest BCUT2D eigenvalue weighted by atomic mass is 32.2. The molecule has 3 rings (SSSR count). The lowest BCUT2D eigenvalue weighted by molar-refractivity contribution is 0.481. The van der Waals surface area contributed by atoms with E-state index in [0.717, 1.165) is 15.6 Å². The summed E-state index contributed by atoms with van der Waals surface area (Å²) in [5, 5.41) is 0.801. The maximum atomic E-state index is 12.2. The Kier molecular flexibility index (Phi) is 3.00. The number of nitrogens with two attached hydrogens (primary N) is 1. The Balaban J connectivity index is 2.25. The number of aromatic nitrogens is 1. The highest BCUT2D eigenvalue weighted by Crippen LogP contribution is 2.41. The zero-order valence-electron chi connectivity index (χ0n) is 11.4. The first-order valence-corrected chi connectivity index (χ1v) is 8.87. The number of fused-ring (bicyclic) bond motifs is 1. The molecule has 0 bridgehead atoms. The van der Waals surface area contributed by atoms with E-state index < -0.39 is 15.4 Å². The summed E-state index contributed by atoms with van der Waals surface area (Å²) in [7, 11) is -3.23. The van der Waals surface area contributed by atoms with Gasteiger partial charge in [0.1, 0.15) is 5.01 Å². The summed E-state index contributed by atoms with van der Waals surface area (Å²) in [5.41, 5.74) is 7.40. The number of hydrogen-bond acceptors (Lipinski definition) is 5. The van der Waals surface area contributed by atoms with Crippen molar-refractivity contribution in [2.45, 2.75) is 30.7 Å². The second-order valence-electron chi connectivity index (χ2n) is 5.20. The van der Waals surface area contributed by atoms with Crippen LogP contribution in [0, 0.1) is 13.8 Å². The van der Waals surface area contributed by atoms with Crippen molar-refractivity contribution in [3.05, 3.63) is 45.4 Å². The van der Waals surface area contributed by atoms with E-state index in [1.807, 2.05) is 19.9 Å². The zero-order valence-corrected chi connectivity index (χ0v) is 13.0. The van der Waals surface area contributed by atoms with Crippen molar-refractivity contribution in [3.8, 4) is 0 Å². The van der Waals surface area contributed by atoms with Crippen LogP contribution >= 0.6 is 11.3 Å². The first-order valence-electron chi connectivity index (χ1n) is 6.40. The lowest BCUT2D eigenvalue weighted by atomic mass is 9.88. The van der Waals surface area contributed by atoms with Crippen molar-refractivity contribution in [1.82, 2.24) is 4.98 Å². The fourth-order valence-electron chi connectivity index (χ4n) is 2.53. The second-order valence-corrected chi connectivity index (χ2v) is 8.48. The molecule has 0 fully saturated rings. The number of benzene rings is 1. The third-order valence-electron chi connectivity index (χ3n) is 3.88. The van der Waals surface area contributed by atoms with Gasteiger partial charge in [-0.3, -0.25) is 0 Å². The summed E-state index contributed by atoms with van der Waals surface area (Å²) in [5.74, 6) is 0.0676. The molecule has 1 aromatic carbocycles. The van der Waals surface area contributed by atoms with Crippen molar-refractivity contribution in [1.29, 1.82) is 0 Å². The van der Waals surface area contributed by atoms with Crippen LogP contribution < -0.4 is 5.73 Å². The van der Waals surface area contributed by atoms with E-state index in [4.69, 9.17) is 5.73 Å². The van der Waals surface area contributed by atoms with E-state index in [9.17, 15) is 8.42 Å². The Labute approximate surface area is 122 Å². The van der Waals surface area contributed by atoms with Gasteiger partial charge in [-0.25, -0.2) is 13.4 Å². The molecule has 4 nitrogen and oxygen atoms in total. The van der Waals surface area contributed by atoms with Gasteiger partial charge in [0.15, 0.2) is 9.84 Å². The van der Waals surface area contributed by atoms with Crippen molar-refractivity contribution < 1.29 is 8.42 Å². The molecule has 0 saturated heterocycles. The fraction of sp³-hybridized carbons (Fsp3) is 0.357. The summed E-state index contributed by atoms with van der Waals surface area (Å²) < 4.78 is 24.4. The Morgan fingerprint density at radius 1 is 1.30 bits per heavy atom. The monoisotopic (exact) mass is 308 g/mol. The third-order valence-corrected chi connectivity index (χ3v) is 6.90. The molecule has 1 aromatic heterocycles. The Bertz CT molecular complexity index is 761. The van der Waals surface area contributed by atoms with E-state index in [2.05, 4.69) is 4.98 Å². The number of hydrogen-bond donors (Lipinski definition) is 1. The van der Waals surface area contributed by atoms with Crippen LogP contribution in [-0.4, -0.2) is 19.2 Å². The lowest BCUT2D eigenvalue weighted by Gasteiger charge is -2.33. The summed E-state index contributed by atoms with van der Waals surface area (Å²) in [6.07, 6.45) is 0.374. The van der Waals surface area contributed by atoms with Crippen molar-refractivity contribution in [2.75, 3.05) is 5.75 Å². The molecule has 106 valence electrons. The van der Waals surface area contributed by atoms with E-state index in [0.29, 0.717) is 16.9 Å². The smallest absolute Gasteiger partial charge is 0.178 e. The minimum Gasteiger partial charge on any atom is -0.316 e. The molecular formula is C14H16N2O2S2. The van der Waals surface area contributed by atoms with Crippen LogP contribution in [0.5, 0.6) is 0 Å². The Hall–Kier alpha value is -1.24. The summed E-state index contributed by atoms with van der Waals surface area (Å²) >= 11 is 1.55. The average molecular weight is 308 g/mol. The van der Waals surface area contributed by atoms with Crippen LogP contribution in [-0.2, 0) is 15.4 Å². The maximum absolute atomic E-state index is 12.2.